The number of tetrazole rings is 1. The van der Waals surface area contributed by atoms with E-state index >= 15 is 0 Å². The highest BCUT2D eigenvalue weighted by Gasteiger charge is 2.25. The van der Waals surface area contributed by atoms with Crippen LogP contribution in [0.3, 0.4) is 0 Å². The fraction of sp³-hybridized carbons (Fsp3) is 0.200. The Balaban J connectivity index is 1.59. The number of aromatic nitrogens is 4. The number of thiophene rings is 1. The second-order valence-electron chi connectivity index (χ2n) is 5.09. The van der Waals surface area contributed by atoms with Crippen LogP contribution in [0.1, 0.15) is 27.7 Å². The third kappa shape index (κ3) is 2.57. The molecule has 2 aromatic heterocycles. The molecule has 0 saturated carbocycles. The highest BCUT2D eigenvalue weighted by atomic mass is 32.1. The van der Waals surface area contributed by atoms with Gasteiger partial charge in [0, 0.05) is 12.0 Å². The highest BCUT2D eigenvalue weighted by Crippen LogP contribution is 2.32. The summed E-state index contributed by atoms with van der Waals surface area (Å²) < 4.78 is 7.12. The van der Waals surface area contributed by atoms with E-state index in [4.69, 9.17) is 4.74 Å². The molecule has 1 aromatic carbocycles. The Bertz CT molecular complexity index is 830. The van der Waals surface area contributed by atoms with Crippen LogP contribution >= 0.6 is 11.3 Å². The summed E-state index contributed by atoms with van der Waals surface area (Å²) in [6.45, 7) is 0.590. The number of nitrogens with one attached hydrogen (secondary N) is 1. The summed E-state index contributed by atoms with van der Waals surface area (Å²) in [7, 11) is 0. The standard InChI is InChI=1S/C15H13N5O2S/c21-15(14-12(6-8-23-14)20-9-16-18-19-20)17-11-5-7-22-13-4-2-1-3-10(11)13/h1-4,6,8-9,11H,5,7H2,(H,17,21)/t11-/m0/s1. The summed E-state index contributed by atoms with van der Waals surface area (Å²) in [6.07, 6.45) is 2.22. The van der Waals surface area contributed by atoms with Gasteiger partial charge in [0.1, 0.15) is 17.0 Å². The molecule has 1 aliphatic heterocycles. The molecule has 23 heavy (non-hydrogen) atoms. The van der Waals surface area contributed by atoms with E-state index in [-0.39, 0.29) is 11.9 Å². The molecule has 7 nitrogen and oxygen atoms in total. The fourth-order valence-corrected chi connectivity index (χ4v) is 3.42. The Morgan fingerprint density at radius 1 is 1.35 bits per heavy atom. The number of nitrogens with zero attached hydrogens (tertiary/aromatic N) is 4. The number of para-hydroxylation sites is 1. The van der Waals surface area contributed by atoms with E-state index in [1.165, 1.54) is 22.3 Å². The van der Waals surface area contributed by atoms with Gasteiger partial charge in [-0.2, -0.15) is 4.68 Å². The van der Waals surface area contributed by atoms with Crippen molar-refractivity contribution in [2.45, 2.75) is 12.5 Å². The van der Waals surface area contributed by atoms with E-state index in [0.717, 1.165) is 17.7 Å². The molecular formula is C15H13N5O2S. The average Bonchev–Trinajstić information content (AvgIpc) is 3.26. The molecule has 1 aliphatic rings. The second kappa shape index (κ2) is 5.81. The van der Waals surface area contributed by atoms with Crippen LogP contribution in [0.2, 0.25) is 0 Å². The Kier molecular flexibility index (Phi) is 3.51. The lowest BCUT2D eigenvalue weighted by molar-refractivity contribution is 0.0929. The number of rotatable bonds is 3. The van der Waals surface area contributed by atoms with Crippen molar-refractivity contribution in [1.29, 1.82) is 0 Å². The number of carbonyl (C=O) groups is 1. The molecule has 1 amide bonds. The van der Waals surface area contributed by atoms with Gasteiger partial charge in [-0.1, -0.05) is 18.2 Å². The third-order valence-electron chi connectivity index (χ3n) is 3.71. The van der Waals surface area contributed by atoms with Gasteiger partial charge < -0.3 is 10.1 Å². The number of fused-ring (bicyclic) bond motifs is 1. The number of benzene rings is 1. The molecule has 116 valence electrons. The van der Waals surface area contributed by atoms with Gasteiger partial charge >= 0.3 is 0 Å². The summed E-state index contributed by atoms with van der Waals surface area (Å²) in [5.74, 6) is 0.697. The molecule has 3 aromatic rings. The van der Waals surface area contributed by atoms with Crippen LogP contribution in [0, 0.1) is 0 Å². The minimum Gasteiger partial charge on any atom is -0.493 e. The molecule has 3 heterocycles. The zero-order valence-electron chi connectivity index (χ0n) is 12.0. The van der Waals surface area contributed by atoms with Crippen LogP contribution in [-0.4, -0.2) is 32.7 Å². The lowest BCUT2D eigenvalue weighted by Crippen LogP contribution is -2.32. The molecule has 4 rings (SSSR count). The van der Waals surface area contributed by atoms with Crippen LogP contribution in [0.5, 0.6) is 5.75 Å². The van der Waals surface area contributed by atoms with Crippen molar-refractivity contribution >= 4 is 17.2 Å². The largest absolute Gasteiger partial charge is 0.493 e. The van der Waals surface area contributed by atoms with Gasteiger partial charge in [0.15, 0.2) is 0 Å². The van der Waals surface area contributed by atoms with E-state index in [2.05, 4.69) is 20.8 Å². The first-order valence-electron chi connectivity index (χ1n) is 7.16. The molecule has 0 aliphatic carbocycles. The smallest absolute Gasteiger partial charge is 0.264 e. The molecule has 8 heteroatoms. The molecular weight excluding hydrogens is 314 g/mol. The number of hydrogen-bond acceptors (Lipinski definition) is 6. The molecule has 0 radical (unpaired) electrons. The van der Waals surface area contributed by atoms with Crippen molar-refractivity contribution in [3.05, 3.63) is 52.5 Å². The van der Waals surface area contributed by atoms with Crippen molar-refractivity contribution in [1.82, 2.24) is 25.5 Å². The van der Waals surface area contributed by atoms with E-state index in [1.54, 1.807) is 0 Å². The molecule has 0 unspecified atom stereocenters. The Morgan fingerprint density at radius 2 is 2.26 bits per heavy atom. The predicted molar refractivity (Wildman–Crippen MR) is 83.8 cm³/mol. The number of amides is 1. The first kappa shape index (κ1) is 13.9. The first-order chi connectivity index (χ1) is 11.3. The van der Waals surface area contributed by atoms with Gasteiger partial charge in [-0.25, -0.2) is 0 Å². The van der Waals surface area contributed by atoms with Crippen LogP contribution in [0.4, 0.5) is 0 Å². The third-order valence-corrected chi connectivity index (χ3v) is 4.61. The lowest BCUT2D eigenvalue weighted by atomic mass is 10.0. The van der Waals surface area contributed by atoms with Crippen molar-refractivity contribution in [3.63, 3.8) is 0 Å². The normalized spacial score (nSPS) is 16.4. The zero-order chi connectivity index (χ0) is 15.6. The Hall–Kier alpha value is -2.74. The van der Waals surface area contributed by atoms with Crippen LogP contribution in [0.15, 0.2) is 42.0 Å². The van der Waals surface area contributed by atoms with E-state index in [1.807, 2.05) is 35.7 Å². The van der Waals surface area contributed by atoms with Crippen molar-refractivity contribution in [2.24, 2.45) is 0 Å². The topological polar surface area (TPSA) is 81.9 Å². The Labute approximate surface area is 135 Å². The first-order valence-corrected chi connectivity index (χ1v) is 8.04. The van der Waals surface area contributed by atoms with Crippen molar-refractivity contribution in [3.8, 4) is 11.4 Å². The maximum Gasteiger partial charge on any atom is 0.264 e. The minimum atomic E-state index is -0.132. The van der Waals surface area contributed by atoms with Gasteiger partial charge in [0.2, 0.25) is 0 Å². The molecule has 0 bridgehead atoms. The number of ether oxygens (including phenoxy) is 1. The van der Waals surface area contributed by atoms with Gasteiger partial charge in [-0.3, -0.25) is 4.79 Å². The monoisotopic (exact) mass is 327 g/mol. The molecule has 1 N–H and O–H groups in total. The quantitative estimate of drug-likeness (QED) is 0.795. The number of carbonyl (C=O) groups excluding carboxylic acids is 1. The zero-order valence-corrected chi connectivity index (χ0v) is 12.9. The fourth-order valence-electron chi connectivity index (χ4n) is 2.64. The lowest BCUT2D eigenvalue weighted by Gasteiger charge is -2.26. The van der Waals surface area contributed by atoms with Crippen molar-refractivity contribution < 1.29 is 9.53 Å². The maximum atomic E-state index is 12.7. The molecule has 0 spiro atoms. The Morgan fingerprint density at radius 3 is 3.13 bits per heavy atom. The van der Waals surface area contributed by atoms with Crippen molar-refractivity contribution in [2.75, 3.05) is 6.61 Å². The van der Waals surface area contributed by atoms with Crippen LogP contribution in [0.25, 0.3) is 5.69 Å². The van der Waals surface area contributed by atoms with Gasteiger partial charge in [0.05, 0.1) is 18.3 Å². The summed E-state index contributed by atoms with van der Waals surface area (Å²) in [5.41, 5.74) is 1.69. The summed E-state index contributed by atoms with van der Waals surface area (Å²) >= 11 is 1.37. The van der Waals surface area contributed by atoms with Gasteiger partial charge in [-0.05, 0) is 27.9 Å². The molecule has 0 fully saturated rings. The SMILES string of the molecule is O=C(N[C@H]1CCOc2ccccc21)c1sccc1-n1cnnn1. The molecule has 1 atom stereocenters. The summed E-state index contributed by atoms with van der Waals surface area (Å²) in [6, 6.07) is 9.55. The second-order valence-corrected chi connectivity index (χ2v) is 6.01. The summed E-state index contributed by atoms with van der Waals surface area (Å²) in [4.78, 5) is 13.3. The summed E-state index contributed by atoms with van der Waals surface area (Å²) in [5, 5.41) is 16.0. The van der Waals surface area contributed by atoms with Gasteiger partial charge in [-0.15, -0.1) is 16.4 Å². The highest BCUT2D eigenvalue weighted by molar-refractivity contribution is 7.12. The predicted octanol–water partition coefficient (Wildman–Crippen LogP) is 1.98. The van der Waals surface area contributed by atoms with E-state index in [0.29, 0.717) is 17.2 Å². The minimum absolute atomic E-state index is 0.0590. The van der Waals surface area contributed by atoms with Gasteiger partial charge in [0.25, 0.3) is 5.91 Å². The van der Waals surface area contributed by atoms with E-state index in [9.17, 15) is 4.79 Å². The van der Waals surface area contributed by atoms with Crippen LogP contribution in [-0.2, 0) is 0 Å². The average molecular weight is 327 g/mol. The van der Waals surface area contributed by atoms with E-state index < -0.39 is 0 Å². The van der Waals surface area contributed by atoms with Crippen LogP contribution < -0.4 is 10.1 Å². The maximum absolute atomic E-state index is 12.7. The molecule has 0 saturated heterocycles. The number of hydrogen-bond donors (Lipinski definition) is 1.